The van der Waals surface area contributed by atoms with Crippen molar-refractivity contribution in [1.82, 2.24) is 14.1 Å². The van der Waals surface area contributed by atoms with Crippen molar-refractivity contribution < 1.29 is 22.6 Å². The van der Waals surface area contributed by atoms with Crippen LogP contribution in [0.1, 0.15) is 26.2 Å². The lowest BCUT2D eigenvalue weighted by Crippen LogP contribution is -3.27. The molecular weight excluding hydrogens is 422 g/mol. The zero-order chi connectivity index (χ0) is 21.1. The summed E-state index contributed by atoms with van der Waals surface area (Å²) in [5.74, 6) is 0.368. The molecule has 0 bridgehead atoms. The van der Waals surface area contributed by atoms with Gasteiger partial charge in [0.15, 0.2) is 6.67 Å². The van der Waals surface area contributed by atoms with Crippen LogP contribution in [0.25, 0.3) is 11.5 Å². The Bertz CT molecular complexity index is 1020. The molecule has 164 valence electrons. The van der Waals surface area contributed by atoms with E-state index in [1.54, 1.807) is 32.1 Å². The van der Waals surface area contributed by atoms with E-state index in [2.05, 4.69) is 12.0 Å². The molecule has 0 unspecified atom stereocenters. The first-order valence-corrected chi connectivity index (χ1v) is 12.7. The van der Waals surface area contributed by atoms with Crippen LogP contribution in [0.5, 0.6) is 0 Å². The third-order valence-corrected chi connectivity index (χ3v) is 8.37. The zero-order valence-electron chi connectivity index (χ0n) is 17.5. The lowest BCUT2D eigenvalue weighted by atomic mass is 10.2. The average Bonchev–Trinajstić information content (AvgIpc) is 3.15. The fourth-order valence-corrected chi connectivity index (χ4v) is 6.00. The summed E-state index contributed by atoms with van der Waals surface area (Å²) in [6, 6.07) is 6.84. The quantitative estimate of drug-likeness (QED) is 0.593. The van der Waals surface area contributed by atoms with Gasteiger partial charge in [0.2, 0.25) is 15.9 Å². The van der Waals surface area contributed by atoms with E-state index in [0.29, 0.717) is 36.0 Å². The minimum Gasteiger partial charge on any atom is -0.409 e. The predicted octanol–water partition coefficient (Wildman–Crippen LogP) is -0.192. The first kappa shape index (κ1) is 21.6. The molecule has 2 fully saturated rings. The van der Waals surface area contributed by atoms with Crippen LogP contribution in [0, 0.1) is 4.84 Å². The number of rotatable bonds is 6. The summed E-state index contributed by atoms with van der Waals surface area (Å²) < 4.78 is 35.0. The molecule has 0 amide bonds. The van der Waals surface area contributed by atoms with Crippen LogP contribution < -0.4 is 9.80 Å². The number of likely N-dealkylation sites (N-methyl/N-ethyl adjacent to an activating group) is 1. The maximum Gasteiger partial charge on any atom is 0.292 e. The van der Waals surface area contributed by atoms with Crippen LogP contribution in [0.4, 0.5) is 0 Å². The van der Waals surface area contributed by atoms with Gasteiger partial charge in [-0.25, -0.2) is 8.42 Å². The summed E-state index contributed by atoms with van der Waals surface area (Å²) in [6.45, 7) is 9.69. The van der Waals surface area contributed by atoms with Gasteiger partial charge in [-0.15, -0.1) is 5.10 Å². The summed E-state index contributed by atoms with van der Waals surface area (Å²) in [7, 11) is -3.50. The van der Waals surface area contributed by atoms with Crippen molar-refractivity contribution >= 4 is 22.2 Å². The highest BCUT2D eigenvalue weighted by Crippen LogP contribution is 2.25. The van der Waals surface area contributed by atoms with Crippen LogP contribution in [-0.2, 0) is 16.7 Å². The van der Waals surface area contributed by atoms with Crippen LogP contribution in [-0.4, -0.2) is 68.3 Å². The summed E-state index contributed by atoms with van der Waals surface area (Å²) >= 11 is 5.38. The molecule has 2 aromatic rings. The Balaban J connectivity index is 1.52. The molecule has 2 aliphatic heterocycles. The monoisotopic (exact) mass is 453 g/mol. The van der Waals surface area contributed by atoms with E-state index in [1.165, 1.54) is 4.90 Å². The third kappa shape index (κ3) is 4.67. The molecule has 8 nitrogen and oxygen atoms in total. The van der Waals surface area contributed by atoms with Crippen LogP contribution >= 0.6 is 12.2 Å². The van der Waals surface area contributed by atoms with Gasteiger partial charge >= 0.3 is 0 Å². The number of aromatic nitrogens is 2. The molecule has 0 atom stereocenters. The Kier molecular flexibility index (Phi) is 6.69. The van der Waals surface area contributed by atoms with Crippen molar-refractivity contribution in [3.05, 3.63) is 29.1 Å². The van der Waals surface area contributed by atoms with Crippen molar-refractivity contribution in [2.24, 2.45) is 0 Å². The highest BCUT2D eigenvalue weighted by atomic mass is 32.2. The second-order valence-electron chi connectivity index (χ2n) is 8.18. The molecule has 10 heteroatoms. The van der Waals surface area contributed by atoms with Gasteiger partial charge in [-0.3, -0.25) is 0 Å². The molecule has 3 heterocycles. The van der Waals surface area contributed by atoms with Gasteiger partial charge in [-0.05, 0) is 50.2 Å². The Hall–Kier alpha value is -1.59. The molecule has 0 saturated carbocycles. The number of piperidine rings is 1. The second kappa shape index (κ2) is 9.27. The number of hydrogen-bond donors (Lipinski definition) is 2. The van der Waals surface area contributed by atoms with E-state index < -0.39 is 10.0 Å². The van der Waals surface area contributed by atoms with E-state index in [0.717, 1.165) is 52.0 Å². The number of benzene rings is 1. The molecule has 1 aromatic heterocycles. The first-order valence-electron chi connectivity index (χ1n) is 10.8. The van der Waals surface area contributed by atoms with Gasteiger partial charge in [0.05, 0.1) is 11.4 Å². The Morgan fingerprint density at radius 1 is 1.10 bits per heavy atom. The maximum absolute atomic E-state index is 13.0. The molecule has 0 aliphatic carbocycles. The Morgan fingerprint density at radius 3 is 2.50 bits per heavy atom. The van der Waals surface area contributed by atoms with Crippen molar-refractivity contribution in [3.8, 4) is 11.5 Å². The smallest absolute Gasteiger partial charge is 0.292 e. The standard InChI is InChI=1S/C20H29N5O3S2/c1-2-22-11-13-23(14-12-22)16-25-20(29)28-19(21-25)17-7-6-8-18(15-17)30(26,27)24-9-4-3-5-10-24/h6-8,15H,2-5,9-14,16H2,1H3/p+2. The topological polar surface area (TPSA) is 77.2 Å². The lowest BCUT2D eigenvalue weighted by molar-refractivity contribution is -1.02. The summed E-state index contributed by atoms with van der Waals surface area (Å²) in [6.07, 6.45) is 2.91. The number of sulfonamides is 1. The number of nitrogens with zero attached hydrogens (tertiary/aromatic N) is 3. The van der Waals surface area contributed by atoms with Crippen molar-refractivity contribution in [3.63, 3.8) is 0 Å². The highest BCUT2D eigenvalue weighted by Gasteiger charge is 2.27. The fourth-order valence-electron chi connectivity index (χ4n) is 4.25. The molecular formula is C20H31N5O3S2+2. The molecule has 1 aromatic carbocycles. The van der Waals surface area contributed by atoms with Crippen molar-refractivity contribution in [2.45, 2.75) is 37.8 Å². The minimum absolute atomic E-state index is 0.279. The van der Waals surface area contributed by atoms with E-state index in [1.807, 2.05) is 6.07 Å². The maximum atomic E-state index is 13.0. The first-order chi connectivity index (χ1) is 14.5. The summed E-state index contributed by atoms with van der Waals surface area (Å²) in [5, 5.41) is 4.56. The van der Waals surface area contributed by atoms with Gasteiger partial charge in [0.25, 0.3) is 4.84 Å². The average molecular weight is 454 g/mol. The fraction of sp³-hybridized carbons (Fsp3) is 0.600. The molecule has 4 rings (SSSR count). The molecule has 2 N–H and O–H groups in total. The Labute approximate surface area is 183 Å². The van der Waals surface area contributed by atoms with Gasteiger partial charge in [-0.2, -0.15) is 8.99 Å². The van der Waals surface area contributed by atoms with E-state index in [-0.39, 0.29) is 4.90 Å². The molecule has 2 saturated heterocycles. The van der Waals surface area contributed by atoms with E-state index >= 15 is 0 Å². The molecule has 0 radical (unpaired) electrons. The van der Waals surface area contributed by atoms with Crippen molar-refractivity contribution in [1.29, 1.82) is 0 Å². The molecule has 2 aliphatic rings. The minimum atomic E-state index is -3.50. The number of piperazine rings is 1. The molecule has 30 heavy (non-hydrogen) atoms. The van der Waals surface area contributed by atoms with Gasteiger partial charge in [0.1, 0.15) is 26.2 Å². The Morgan fingerprint density at radius 2 is 1.80 bits per heavy atom. The van der Waals surface area contributed by atoms with Crippen LogP contribution in [0.2, 0.25) is 0 Å². The number of nitrogens with one attached hydrogen (secondary N) is 2. The van der Waals surface area contributed by atoms with Crippen LogP contribution in [0.3, 0.4) is 0 Å². The van der Waals surface area contributed by atoms with Crippen LogP contribution in [0.15, 0.2) is 33.6 Å². The summed E-state index contributed by atoms with van der Waals surface area (Å²) in [5.41, 5.74) is 0.633. The highest BCUT2D eigenvalue weighted by molar-refractivity contribution is 7.89. The van der Waals surface area contributed by atoms with Gasteiger partial charge in [-0.1, -0.05) is 12.5 Å². The van der Waals surface area contributed by atoms with E-state index in [4.69, 9.17) is 16.6 Å². The second-order valence-corrected chi connectivity index (χ2v) is 10.5. The van der Waals surface area contributed by atoms with Gasteiger partial charge in [0, 0.05) is 18.7 Å². The SMILES string of the molecule is CC[NH+]1CC[NH+](Cn2nc(-c3cccc(S(=O)(=O)N4CCCCC4)c3)oc2=S)CC1. The normalized spacial score (nSPS) is 23.5. The molecule has 0 spiro atoms. The third-order valence-electron chi connectivity index (χ3n) is 6.18. The lowest BCUT2D eigenvalue weighted by Gasteiger charge is -2.28. The van der Waals surface area contributed by atoms with Gasteiger partial charge < -0.3 is 14.2 Å². The largest absolute Gasteiger partial charge is 0.409 e. The number of hydrogen-bond acceptors (Lipinski definition) is 5. The van der Waals surface area contributed by atoms with Crippen molar-refractivity contribution in [2.75, 3.05) is 45.8 Å². The zero-order valence-corrected chi connectivity index (χ0v) is 19.1. The predicted molar refractivity (Wildman–Crippen MR) is 115 cm³/mol. The van der Waals surface area contributed by atoms with E-state index in [9.17, 15) is 8.42 Å². The summed E-state index contributed by atoms with van der Waals surface area (Å²) in [4.78, 5) is 3.67. The number of quaternary nitrogens is 2.